The van der Waals surface area contributed by atoms with E-state index in [2.05, 4.69) is 9.97 Å². The summed E-state index contributed by atoms with van der Waals surface area (Å²) in [7, 11) is 0. The summed E-state index contributed by atoms with van der Waals surface area (Å²) >= 11 is 6.12. The smallest absolute Gasteiger partial charge is 0.220 e. The standard InChI is InChI=1S/C13H13ClFN3/c1-3-8-5-12(18-13(16)17-8)9-6-11(15)7(2)4-10(9)14/h4-6H,3H2,1-2H3,(H2,16,17,18). The van der Waals surface area contributed by atoms with E-state index in [9.17, 15) is 4.39 Å². The molecule has 0 saturated carbocycles. The maximum absolute atomic E-state index is 13.6. The van der Waals surface area contributed by atoms with Gasteiger partial charge < -0.3 is 5.73 Å². The van der Waals surface area contributed by atoms with Gasteiger partial charge in [-0.15, -0.1) is 0 Å². The normalized spacial score (nSPS) is 10.7. The van der Waals surface area contributed by atoms with Gasteiger partial charge in [0.1, 0.15) is 5.82 Å². The molecule has 1 aromatic carbocycles. The number of hydrogen-bond acceptors (Lipinski definition) is 3. The number of halogens is 2. The highest BCUT2D eigenvalue weighted by Gasteiger charge is 2.11. The molecule has 0 bridgehead atoms. The Morgan fingerprint density at radius 1 is 1.28 bits per heavy atom. The maximum Gasteiger partial charge on any atom is 0.220 e. The number of aryl methyl sites for hydroxylation is 2. The molecule has 0 amide bonds. The van der Waals surface area contributed by atoms with Gasteiger partial charge in [-0.05, 0) is 37.1 Å². The first kappa shape index (κ1) is 12.8. The van der Waals surface area contributed by atoms with Gasteiger partial charge in [-0.3, -0.25) is 0 Å². The molecule has 1 heterocycles. The number of nitrogen functional groups attached to an aromatic ring is 1. The Bertz CT molecular complexity index is 599. The topological polar surface area (TPSA) is 51.8 Å². The monoisotopic (exact) mass is 265 g/mol. The molecule has 0 radical (unpaired) electrons. The van der Waals surface area contributed by atoms with E-state index in [1.807, 2.05) is 6.92 Å². The molecule has 0 fully saturated rings. The third-order valence-electron chi connectivity index (χ3n) is 2.68. The number of nitrogens with zero attached hydrogens (tertiary/aromatic N) is 2. The molecular weight excluding hydrogens is 253 g/mol. The van der Waals surface area contributed by atoms with Crippen LogP contribution in [0.2, 0.25) is 5.02 Å². The van der Waals surface area contributed by atoms with Crippen molar-refractivity contribution in [1.29, 1.82) is 0 Å². The van der Waals surface area contributed by atoms with Crippen molar-refractivity contribution >= 4 is 17.5 Å². The van der Waals surface area contributed by atoms with E-state index in [0.29, 0.717) is 21.8 Å². The van der Waals surface area contributed by atoms with Crippen molar-refractivity contribution in [3.63, 3.8) is 0 Å². The molecule has 0 atom stereocenters. The van der Waals surface area contributed by atoms with Crippen LogP contribution in [0.5, 0.6) is 0 Å². The summed E-state index contributed by atoms with van der Waals surface area (Å²) < 4.78 is 13.6. The average Bonchev–Trinajstić information content (AvgIpc) is 2.33. The van der Waals surface area contributed by atoms with E-state index in [1.165, 1.54) is 6.07 Å². The van der Waals surface area contributed by atoms with Gasteiger partial charge in [-0.25, -0.2) is 14.4 Å². The molecule has 0 saturated heterocycles. The summed E-state index contributed by atoms with van der Waals surface area (Å²) in [5.74, 6) is -0.147. The van der Waals surface area contributed by atoms with Gasteiger partial charge in [-0.2, -0.15) is 0 Å². The molecule has 3 nitrogen and oxygen atoms in total. The lowest BCUT2D eigenvalue weighted by Crippen LogP contribution is -2.00. The van der Waals surface area contributed by atoms with Gasteiger partial charge in [0, 0.05) is 11.3 Å². The van der Waals surface area contributed by atoms with E-state index >= 15 is 0 Å². The summed E-state index contributed by atoms with van der Waals surface area (Å²) in [4.78, 5) is 8.18. The van der Waals surface area contributed by atoms with Crippen LogP contribution in [0.25, 0.3) is 11.3 Å². The van der Waals surface area contributed by atoms with Gasteiger partial charge in [-0.1, -0.05) is 18.5 Å². The zero-order valence-electron chi connectivity index (χ0n) is 10.2. The first-order chi connectivity index (χ1) is 8.51. The maximum atomic E-state index is 13.6. The lowest BCUT2D eigenvalue weighted by atomic mass is 10.1. The second-order valence-corrected chi connectivity index (χ2v) is 4.44. The first-order valence-electron chi connectivity index (χ1n) is 5.60. The number of benzene rings is 1. The van der Waals surface area contributed by atoms with Crippen LogP contribution in [-0.4, -0.2) is 9.97 Å². The molecule has 0 unspecified atom stereocenters. The quantitative estimate of drug-likeness (QED) is 0.906. The lowest BCUT2D eigenvalue weighted by molar-refractivity contribution is 0.619. The Morgan fingerprint density at radius 3 is 2.67 bits per heavy atom. The van der Waals surface area contributed by atoms with E-state index in [0.717, 1.165) is 12.1 Å². The zero-order valence-corrected chi connectivity index (χ0v) is 10.9. The predicted octanol–water partition coefficient (Wildman–Crippen LogP) is 3.39. The van der Waals surface area contributed by atoms with Crippen molar-refractivity contribution in [2.24, 2.45) is 0 Å². The lowest BCUT2D eigenvalue weighted by Gasteiger charge is -2.08. The Kier molecular flexibility index (Phi) is 3.48. The third-order valence-corrected chi connectivity index (χ3v) is 3.00. The van der Waals surface area contributed by atoms with Crippen molar-refractivity contribution in [2.45, 2.75) is 20.3 Å². The van der Waals surface area contributed by atoms with Crippen LogP contribution in [0.1, 0.15) is 18.2 Å². The summed E-state index contributed by atoms with van der Waals surface area (Å²) in [5.41, 5.74) is 8.01. The zero-order chi connectivity index (χ0) is 13.3. The van der Waals surface area contributed by atoms with E-state index in [-0.39, 0.29) is 11.8 Å². The van der Waals surface area contributed by atoms with Crippen LogP contribution >= 0.6 is 11.6 Å². The molecule has 94 valence electrons. The van der Waals surface area contributed by atoms with Crippen molar-refractivity contribution in [3.8, 4) is 11.3 Å². The second kappa shape index (κ2) is 4.90. The van der Waals surface area contributed by atoms with Gasteiger partial charge in [0.15, 0.2) is 0 Å². The van der Waals surface area contributed by atoms with Gasteiger partial charge in [0.05, 0.1) is 10.7 Å². The number of hydrogen-bond donors (Lipinski definition) is 1. The van der Waals surface area contributed by atoms with Crippen LogP contribution < -0.4 is 5.73 Å². The Balaban J connectivity index is 2.61. The van der Waals surface area contributed by atoms with E-state index in [1.54, 1.807) is 19.1 Å². The highest BCUT2D eigenvalue weighted by Crippen LogP contribution is 2.29. The van der Waals surface area contributed by atoms with Gasteiger partial charge >= 0.3 is 0 Å². The summed E-state index contributed by atoms with van der Waals surface area (Å²) in [6.45, 7) is 3.62. The van der Waals surface area contributed by atoms with Crippen molar-refractivity contribution in [3.05, 3.63) is 40.3 Å². The minimum Gasteiger partial charge on any atom is -0.368 e. The average molecular weight is 266 g/mol. The fraction of sp³-hybridized carbons (Fsp3) is 0.231. The largest absolute Gasteiger partial charge is 0.368 e. The second-order valence-electron chi connectivity index (χ2n) is 4.04. The highest BCUT2D eigenvalue weighted by molar-refractivity contribution is 6.33. The molecule has 2 rings (SSSR count). The molecule has 0 aliphatic carbocycles. The van der Waals surface area contributed by atoms with Gasteiger partial charge in [0.25, 0.3) is 0 Å². The fourth-order valence-corrected chi connectivity index (χ4v) is 1.99. The number of aromatic nitrogens is 2. The minimum absolute atomic E-state index is 0.168. The van der Waals surface area contributed by atoms with Crippen molar-refractivity contribution in [1.82, 2.24) is 9.97 Å². The molecule has 18 heavy (non-hydrogen) atoms. The Hall–Kier alpha value is -1.68. The minimum atomic E-state index is -0.315. The Morgan fingerprint density at radius 2 is 2.00 bits per heavy atom. The number of anilines is 1. The number of nitrogens with two attached hydrogens (primary N) is 1. The van der Waals surface area contributed by atoms with E-state index < -0.39 is 0 Å². The Labute approximate surface area is 110 Å². The molecule has 0 aliphatic rings. The third kappa shape index (κ3) is 2.43. The molecule has 2 N–H and O–H groups in total. The summed E-state index contributed by atoms with van der Waals surface area (Å²) in [5, 5.41) is 0.453. The van der Waals surface area contributed by atoms with E-state index in [4.69, 9.17) is 17.3 Å². The van der Waals surface area contributed by atoms with Crippen LogP contribution in [0, 0.1) is 12.7 Å². The van der Waals surface area contributed by atoms with Crippen LogP contribution in [0.15, 0.2) is 18.2 Å². The highest BCUT2D eigenvalue weighted by atomic mass is 35.5. The summed E-state index contributed by atoms with van der Waals surface area (Å²) in [6.07, 6.45) is 0.728. The first-order valence-corrected chi connectivity index (χ1v) is 5.98. The van der Waals surface area contributed by atoms with Crippen LogP contribution in [0.4, 0.5) is 10.3 Å². The molecule has 1 aromatic heterocycles. The number of rotatable bonds is 2. The SMILES string of the molecule is CCc1cc(-c2cc(F)c(C)cc2Cl)nc(N)n1. The van der Waals surface area contributed by atoms with Crippen molar-refractivity contribution in [2.75, 3.05) is 5.73 Å². The van der Waals surface area contributed by atoms with Crippen molar-refractivity contribution < 1.29 is 4.39 Å². The molecular formula is C13H13ClFN3. The fourth-order valence-electron chi connectivity index (χ4n) is 1.68. The summed E-state index contributed by atoms with van der Waals surface area (Å²) in [6, 6.07) is 4.72. The predicted molar refractivity (Wildman–Crippen MR) is 71.0 cm³/mol. The molecule has 0 spiro atoms. The molecule has 0 aliphatic heterocycles. The van der Waals surface area contributed by atoms with Gasteiger partial charge in [0.2, 0.25) is 5.95 Å². The van der Waals surface area contributed by atoms with Crippen LogP contribution in [0.3, 0.4) is 0 Å². The van der Waals surface area contributed by atoms with Crippen LogP contribution in [-0.2, 0) is 6.42 Å². The molecule has 5 heteroatoms. The molecule has 2 aromatic rings.